The smallest absolute Gasteiger partial charge is 0.0732 e. The molecule has 2 heterocycles. The predicted molar refractivity (Wildman–Crippen MR) is 81.9 cm³/mol. The molecule has 1 aromatic carbocycles. The second kappa shape index (κ2) is 6.33. The van der Waals surface area contributed by atoms with Crippen LogP contribution in [0.25, 0.3) is 10.9 Å². The first-order valence-corrected chi connectivity index (χ1v) is 7.56. The average molecular weight is 270 g/mol. The van der Waals surface area contributed by atoms with E-state index in [1.54, 1.807) is 0 Å². The maximum Gasteiger partial charge on any atom is 0.0732 e. The Kier molecular flexibility index (Phi) is 4.28. The summed E-state index contributed by atoms with van der Waals surface area (Å²) < 4.78 is 5.87. The Morgan fingerprint density at radius 3 is 3.05 bits per heavy atom. The fourth-order valence-electron chi connectivity index (χ4n) is 3.09. The lowest BCUT2D eigenvalue weighted by atomic mass is 9.97. The van der Waals surface area contributed by atoms with Gasteiger partial charge < -0.3 is 10.1 Å². The second-order valence-electron chi connectivity index (χ2n) is 5.41. The van der Waals surface area contributed by atoms with Gasteiger partial charge in [0.15, 0.2) is 0 Å². The molecule has 0 aliphatic carbocycles. The lowest BCUT2D eigenvalue weighted by Gasteiger charge is -2.24. The lowest BCUT2D eigenvalue weighted by molar-refractivity contribution is 0.0790. The Morgan fingerprint density at radius 2 is 2.25 bits per heavy atom. The number of hydrogen-bond donors (Lipinski definition) is 1. The molecular formula is C17H22N2O. The van der Waals surface area contributed by atoms with Crippen molar-refractivity contribution in [3.05, 3.63) is 42.1 Å². The highest BCUT2D eigenvalue weighted by Gasteiger charge is 2.25. The van der Waals surface area contributed by atoms with E-state index in [0.29, 0.717) is 12.1 Å². The number of rotatable bonds is 5. The fourth-order valence-corrected chi connectivity index (χ4v) is 3.09. The Labute approximate surface area is 120 Å². The molecule has 1 aromatic heterocycles. The highest BCUT2D eigenvalue weighted by atomic mass is 16.5. The third-order valence-corrected chi connectivity index (χ3v) is 4.06. The number of pyridine rings is 1. The summed E-state index contributed by atoms with van der Waals surface area (Å²) in [6, 6.07) is 10.9. The van der Waals surface area contributed by atoms with Crippen LogP contribution >= 0.6 is 0 Å². The molecule has 1 aliphatic heterocycles. The number of para-hydroxylation sites is 1. The Morgan fingerprint density at radius 1 is 1.35 bits per heavy atom. The van der Waals surface area contributed by atoms with Gasteiger partial charge in [-0.15, -0.1) is 0 Å². The molecule has 1 N–H and O–H groups in total. The number of benzene rings is 1. The summed E-state index contributed by atoms with van der Waals surface area (Å²) in [4.78, 5) is 4.44. The van der Waals surface area contributed by atoms with Crippen LogP contribution in [0.3, 0.4) is 0 Å². The van der Waals surface area contributed by atoms with Crippen molar-refractivity contribution in [3.63, 3.8) is 0 Å². The first-order chi connectivity index (χ1) is 9.88. The summed E-state index contributed by atoms with van der Waals surface area (Å²) in [6.45, 7) is 4.05. The topological polar surface area (TPSA) is 34.2 Å². The molecule has 2 atom stereocenters. The third-order valence-electron chi connectivity index (χ3n) is 4.06. The summed E-state index contributed by atoms with van der Waals surface area (Å²) in [5.41, 5.74) is 2.43. The molecule has 3 heteroatoms. The number of likely N-dealkylation sites (N-methyl/N-ethyl adjacent to an activating group) is 1. The van der Waals surface area contributed by atoms with E-state index in [9.17, 15) is 0 Å². The van der Waals surface area contributed by atoms with Gasteiger partial charge in [-0.1, -0.05) is 25.1 Å². The van der Waals surface area contributed by atoms with Crippen LogP contribution in [-0.4, -0.2) is 30.3 Å². The van der Waals surface area contributed by atoms with E-state index in [1.807, 2.05) is 12.3 Å². The van der Waals surface area contributed by atoms with Gasteiger partial charge in [0.1, 0.15) is 0 Å². The van der Waals surface area contributed by atoms with Gasteiger partial charge in [-0.25, -0.2) is 0 Å². The number of ether oxygens (including phenoxy) is 1. The fraction of sp³-hybridized carbons (Fsp3) is 0.471. The lowest BCUT2D eigenvalue weighted by Crippen LogP contribution is -2.41. The summed E-state index contributed by atoms with van der Waals surface area (Å²) in [5, 5.41) is 4.85. The van der Waals surface area contributed by atoms with E-state index in [-0.39, 0.29) is 0 Å². The third kappa shape index (κ3) is 2.84. The van der Waals surface area contributed by atoms with E-state index in [0.717, 1.165) is 25.1 Å². The van der Waals surface area contributed by atoms with Gasteiger partial charge >= 0.3 is 0 Å². The van der Waals surface area contributed by atoms with Crippen molar-refractivity contribution in [3.8, 4) is 0 Å². The van der Waals surface area contributed by atoms with Crippen LogP contribution in [-0.2, 0) is 11.2 Å². The molecule has 2 aromatic rings. The maximum atomic E-state index is 5.87. The second-order valence-corrected chi connectivity index (χ2v) is 5.41. The zero-order valence-electron chi connectivity index (χ0n) is 12.0. The highest BCUT2D eigenvalue weighted by Crippen LogP contribution is 2.22. The van der Waals surface area contributed by atoms with Crippen LogP contribution in [0.2, 0.25) is 0 Å². The van der Waals surface area contributed by atoms with Crippen LogP contribution in [0.4, 0.5) is 0 Å². The van der Waals surface area contributed by atoms with E-state index in [4.69, 9.17) is 4.74 Å². The van der Waals surface area contributed by atoms with Crippen LogP contribution in [0.15, 0.2) is 36.5 Å². The molecule has 20 heavy (non-hydrogen) atoms. The van der Waals surface area contributed by atoms with Crippen LogP contribution < -0.4 is 5.32 Å². The van der Waals surface area contributed by atoms with Crippen molar-refractivity contribution in [1.82, 2.24) is 10.3 Å². The summed E-state index contributed by atoms with van der Waals surface area (Å²) in [7, 11) is 0. The van der Waals surface area contributed by atoms with Crippen molar-refractivity contribution in [2.45, 2.75) is 38.3 Å². The zero-order valence-corrected chi connectivity index (χ0v) is 12.0. The Balaban J connectivity index is 1.86. The molecule has 0 bridgehead atoms. The molecule has 1 aliphatic rings. The van der Waals surface area contributed by atoms with E-state index in [1.165, 1.54) is 23.8 Å². The van der Waals surface area contributed by atoms with Crippen molar-refractivity contribution < 1.29 is 4.74 Å². The Bertz CT molecular complexity index is 558. The number of nitrogens with zero attached hydrogens (tertiary/aromatic N) is 1. The number of fused-ring (bicyclic) bond motifs is 1. The number of aromatic nitrogens is 1. The molecule has 1 fully saturated rings. The molecule has 0 amide bonds. The maximum absolute atomic E-state index is 5.87. The SMILES string of the molecule is CCNC(Cc1ccnc2ccccc12)C1CCCO1. The summed E-state index contributed by atoms with van der Waals surface area (Å²) in [5.74, 6) is 0. The minimum atomic E-state index is 0.349. The average Bonchev–Trinajstić information content (AvgIpc) is 3.01. The Hall–Kier alpha value is -1.45. The molecule has 3 rings (SSSR count). The normalized spacial score (nSPS) is 20.4. The standard InChI is InChI=1S/C17H22N2O/c1-2-18-16(17-8-5-11-20-17)12-13-9-10-19-15-7-4-3-6-14(13)15/h3-4,6-7,9-10,16-18H,2,5,8,11-12H2,1H3. The quantitative estimate of drug-likeness (QED) is 0.907. The zero-order chi connectivity index (χ0) is 13.8. The van der Waals surface area contributed by atoms with Gasteiger partial charge in [-0.3, -0.25) is 4.98 Å². The molecule has 0 radical (unpaired) electrons. The molecule has 0 saturated carbocycles. The first kappa shape index (κ1) is 13.5. The first-order valence-electron chi connectivity index (χ1n) is 7.56. The predicted octanol–water partition coefficient (Wildman–Crippen LogP) is 2.93. The molecule has 3 nitrogen and oxygen atoms in total. The van der Waals surface area contributed by atoms with Gasteiger partial charge in [-0.2, -0.15) is 0 Å². The number of hydrogen-bond acceptors (Lipinski definition) is 3. The van der Waals surface area contributed by atoms with Crippen molar-refractivity contribution in [2.75, 3.05) is 13.2 Å². The van der Waals surface area contributed by atoms with Gasteiger partial charge in [0.2, 0.25) is 0 Å². The monoisotopic (exact) mass is 270 g/mol. The molecule has 2 unspecified atom stereocenters. The summed E-state index contributed by atoms with van der Waals surface area (Å²) in [6.07, 6.45) is 5.61. The molecule has 0 spiro atoms. The van der Waals surface area contributed by atoms with Crippen LogP contribution in [0, 0.1) is 0 Å². The van der Waals surface area contributed by atoms with E-state index < -0.39 is 0 Å². The molecular weight excluding hydrogens is 248 g/mol. The van der Waals surface area contributed by atoms with Crippen LogP contribution in [0.5, 0.6) is 0 Å². The minimum absolute atomic E-state index is 0.349. The van der Waals surface area contributed by atoms with E-state index in [2.05, 4.69) is 41.5 Å². The molecule has 1 saturated heterocycles. The van der Waals surface area contributed by atoms with Crippen molar-refractivity contribution >= 4 is 10.9 Å². The van der Waals surface area contributed by atoms with E-state index >= 15 is 0 Å². The van der Waals surface area contributed by atoms with Crippen LogP contribution in [0.1, 0.15) is 25.3 Å². The van der Waals surface area contributed by atoms with Gasteiger partial charge in [0.05, 0.1) is 11.6 Å². The largest absolute Gasteiger partial charge is 0.377 e. The number of nitrogens with one attached hydrogen (secondary N) is 1. The summed E-state index contributed by atoms with van der Waals surface area (Å²) >= 11 is 0. The van der Waals surface area contributed by atoms with Gasteiger partial charge in [-0.05, 0) is 43.5 Å². The van der Waals surface area contributed by atoms with Crippen molar-refractivity contribution in [1.29, 1.82) is 0 Å². The highest BCUT2D eigenvalue weighted by molar-refractivity contribution is 5.81. The minimum Gasteiger partial charge on any atom is -0.377 e. The van der Waals surface area contributed by atoms with Gasteiger partial charge in [0.25, 0.3) is 0 Å². The molecule has 106 valence electrons. The van der Waals surface area contributed by atoms with Gasteiger partial charge in [0, 0.05) is 24.2 Å². The van der Waals surface area contributed by atoms with Crippen molar-refractivity contribution in [2.24, 2.45) is 0 Å².